The first-order valence-corrected chi connectivity index (χ1v) is 18.7. The molecule has 1 fully saturated rings. The van der Waals surface area contributed by atoms with Crippen LogP contribution in [0.4, 0.5) is 14.5 Å². The van der Waals surface area contributed by atoms with E-state index in [2.05, 4.69) is 5.32 Å². The normalized spacial score (nSPS) is 16.8. The van der Waals surface area contributed by atoms with Crippen LogP contribution in [0.1, 0.15) is 35.1 Å². The molecule has 266 valence electrons. The Hall–Kier alpha value is -5.40. The van der Waals surface area contributed by atoms with E-state index in [0.717, 1.165) is 16.1 Å². The zero-order chi connectivity index (χ0) is 36.7. The van der Waals surface area contributed by atoms with Crippen molar-refractivity contribution in [2.45, 2.75) is 32.5 Å². The first-order chi connectivity index (χ1) is 24.7. The number of carbonyl (C=O) groups is 1. The van der Waals surface area contributed by atoms with E-state index in [-0.39, 0.29) is 18.1 Å². The molecule has 1 saturated heterocycles. The Morgan fingerprint density at radius 2 is 1.81 bits per heavy atom. The van der Waals surface area contributed by atoms with E-state index in [1.807, 2.05) is 46.6 Å². The monoisotopic (exact) mass is 722 g/mol. The number of pyridine rings is 1. The fourth-order valence-corrected chi connectivity index (χ4v) is 7.72. The largest absolute Gasteiger partial charge is 0.455 e. The zero-order valence-electron chi connectivity index (χ0n) is 29.3. The highest BCUT2D eigenvalue weighted by atomic mass is 32.2. The number of rotatable bonds is 7. The van der Waals surface area contributed by atoms with Crippen LogP contribution in [0.15, 0.2) is 77.2 Å². The maximum absolute atomic E-state index is 15.3. The Morgan fingerprint density at radius 3 is 2.50 bits per heavy atom. The Kier molecular flexibility index (Phi) is 7.84. The molecular formula is C39H36F2N6O4S. The molecule has 3 aromatic carbocycles. The minimum atomic E-state index is -3.77. The summed E-state index contributed by atoms with van der Waals surface area (Å²) in [6.07, 6.45) is 1.52. The number of likely N-dealkylation sites (tertiary alicyclic amines) is 1. The molecule has 10 nitrogen and oxygen atoms in total. The molecule has 0 radical (unpaired) electrons. The van der Waals surface area contributed by atoms with Crippen LogP contribution in [0.3, 0.4) is 0 Å². The van der Waals surface area contributed by atoms with E-state index >= 15 is 4.39 Å². The molecule has 1 amide bonds. The molecule has 1 aliphatic rings. The Labute approximate surface area is 298 Å². The number of carbonyl (C=O) groups excluding carboxylic acids is 1. The van der Waals surface area contributed by atoms with Crippen molar-refractivity contribution in [2.75, 3.05) is 37.7 Å². The number of furan rings is 1. The smallest absolute Gasteiger partial charge is 0.255 e. The molecule has 8 rings (SSSR count). The van der Waals surface area contributed by atoms with Gasteiger partial charge in [-0.3, -0.25) is 18.4 Å². The van der Waals surface area contributed by atoms with Crippen molar-refractivity contribution in [3.05, 3.63) is 95.6 Å². The molecule has 4 aromatic heterocycles. The van der Waals surface area contributed by atoms with Gasteiger partial charge >= 0.3 is 0 Å². The summed E-state index contributed by atoms with van der Waals surface area (Å²) in [7, 11) is -0.785. The number of amides is 1. The van der Waals surface area contributed by atoms with E-state index in [1.165, 1.54) is 20.2 Å². The Morgan fingerprint density at radius 1 is 1.04 bits per heavy atom. The first kappa shape index (κ1) is 33.7. The summed E-state index contributed by atoms with van der Waals surface area (Å²) in [6.45, 7) is 4.73. The average Bonchev–Trinajstić information content (AvgIpc) is 3.80. The third-order valence-electron chi connectivity index (χ3n) is 9.97. The van der Waals surface area contributed by atoms with Crippen molar-refractivity contribution in [2.24, 2.45) is 0 Å². The highest BCUT2D eigenvalue weighted by molar-refractivity contribution is 7.92. The molecular weight excluding hydrogens is 687 g/mol. The third kappa shape index (κ3) is 5.64. The maximum Gasteiger partial charge on any atom is 0.255 e. The van der Waals surface area contributed by atoms with E-state index in [1.54, 1.807) is 43.3 Å². The maximum atomic E-state index is 15.3. The van der Waals surface area contributed by atoms with Gasteiger partial charge in [-0.1, -0.05) is 35.9 Å². The van der Waals surface area contributed by atoms with Crippen LogP contribution in [0.2, 0.25) is 0 Å². The van der Waals surface area contributed by atoms with Gasteiger partial charge in [-0.15, -0.1) is 0 Å². The Bertz CT molecular complexity index is 2700. The molecule has 0 saturated carbocycles. The van der Waals surface area contributed by atoms with Crippen LogP contribution in [-0.2, 0) is 16.6 Å². The van der Waals surface area contributed by atoms with E-state index in [4.69, 9.17) is 14.4 Å². The molecule has 0 spiro atoms. The molecule has 0 aliphatic carbocycles. The Balaban J connectivity index is 1.39. The number of aryl methyl sites for hydroxylation is 1. The van der Waals surface area contributed by atoms with Gasteiger partial charge in [-0.2, -0.15) is 0 Å². The standard InChI is InChI=1S/C39H36F2N6O4S/c1-22-9-11-23(12-10-22)37-35(38(48)42-3)26-17-25(31(19-33(26)51-37)45(4)52(5,49)50)28-13-14-29-36(44-28)32-18-24-27(40)7-6-8-30(24)47(32)34(43-29)20-46-16-15-39(2,41)21-46/h6-14,17-19H,15-16,20-21H2,1-5H3,(H,42,48)/t39-/m0/s1. The number of fused-ring (bicyclic) bond motifs is 6. The van der Waals surface area contributed by atoms with Gasteiger partial charge in [0.25, 0.3) is 5.91 Å². The number of benzene rings is 3. The second kappa shape index (κ2) is 12.1. The summed E-state index contributed by atoms with van der Waals surface area (Å²) in [5.74, 6) is 0.189. The van der Waals surface area contributed by atoms with E-state index in [9.17, 15) is 17.6 Å². The van der Waals surface area contributed by atoms with Gasteiger partial charge in [0.1, 0.15) is 34.2 Å². The molecule has 13 heteroatoms. The molecule has 52 heavy (non-hydrogen) atoms. The molecule has 1 atom stereocenters. The number of nitrogens with zero attached hydrogens (tertiary/aromatic N) is 5. The van der Waals surface area contributed by atoms with Gasteiger partial charge in [0, 0.05) is 55.2 Å². The summed E-state index contributed by atoms with van der Waals surface area (Å²) in [5, 5.41) is 3.57. The van der Waals surface area contributed by atoms with Crippen molar-refractivity contribution in [3.63, 3.8) is 0 Å². The van der Waals surface area contributed by atoms with Gasteiger partial charge in [0.2, 0.25) is 10.0 Å². The fourth-order valence-electron chi connectivity index (χ4n) is 7.21. The fraction of sp³-hybridized carbons (Fsp3) is 0.256. The predicted octanol–water partition coefficient (Wildman–Crippen LogP) is 7.25. The second-order valence-corrected chi connectivity index (χ2v) is 15.9. The lowest BCUT2D eigenvalue weighted by atomic mass is 10.00. The SMILES string of the molecule is CNC(=O)c1c(-c2ccc(C)cc2)oc2cc(N(C)S(C)(=O)=O)c(-c3ccc4nc(CN5CC[C@](C)(F)C5)n5c6cccc(F)c6cc5c4n3)cc12. The second-order valence-electron chi connectivity index (χ2n) is 13.9. The predicted molar refractivity (Wildman–Crippen MR) is 199 cm³/mol. The van der Waals surface area contributed by atoms with Crippen LogP contribution in [-0.4, -0.2) is 72.7 Å². The highest BCUT2D eigenvalue weighted by Gasteiger charge is 2.34. The van der Waals surface area contributed by atoms with Gasteiger partial charge < -0.3 is 9.73 Å². The van der Waals surface area contributed by atoms with Crippen molar-refractivity contribution >= 4 is 60.0 Å². The van der Waals surface area contributed by atoms with Crippen LogP contribution < -0.4 is 9.62 Å². The number of hydrogen-bond acceptors (Lipinski definition) is 7. The van der Waals surface area contributed by atoms with Gasteiger partial charge in [-0.25, -0.2) is 27.2 Å². The lowest BCUT2D eigenvalue weighted by molar-refractivity contribution is 0.0964. The summed E-state index contributed by atoms with van der Waals surface area (Å²) < 4.78 is 65.4. The van der Waals surface area contributed by atoms with Crippen molar-refractivity contribution in [1.82, 2.24) is 24.6 Å². The van der Waals surface area contributed by atoms with Crippen molar-refractivity contribution in [3.8, 4) is 22.6 Å². The molecule has 5 heterocycles. The summed E-state index contributed by atoms with van der Waals surface area (Å²) in [5.41, 5.74) is 4.33. The van der Waals surface area contributed by atoms with Gasteiger partial charge in [0.05, 0.1) is 46.3 Å². The minimum Gasteiger partial charge on any atom is -0.455 e. The third-order valence-corrected chi connectivity index (χ3v) is 11.2. The number of alkyl halides is 1. The van der Waals surface area contributed by atoms with Gasteiger partial charge in [-0.05, 0) is 56.7 Å². The number of nitrogens with one attached hydrogen (secondary N) is 1. The number of sulfonamides is 1. The number of hydrogen-bond donors (Lipinski definition) is 1. The van der Waals surface area contributed by atoms with Crippen LogP contribution in [0.25, 0.3) is 61.0 Å². The quantitative estimate of drug-likeness (QED) is 0.184. The number of aromatic nitrogens is 3. The van der Waals surface area contributed by atoms with Crippen molar-refractivity contribution in [1.29, 1.82) is 0 Å². The van der Waals surface area contributed by atoms with Crippen LogP contribution >= 0.6 is 0 Å². The summed E-state index contributed by atoms with van der Waals surface area (Å²) in [4.78, 5) is 25.5. The van der Waals surface area contributed by atoms with E-state index < -0.39 is 21.5 Å². The van der Waals surface area contributed by atoms with Crippen LogP contribution in [0.5, 0.6) is 0 Å². The first-order valence-electron chi connectivity index (χ1n) is 16.9. The zero-order valence-corrected chi connectivity index (χ0v) is 30.1. The average molecular weight is 723 g/mol. The molecule has 1 N–H and O–H groups in total. The highest BCUT2D eigenvalue weighted by Crippen LogP contribution is 2.42. The number of halogens is 2. The lowest BCUT2D eigenvalue weighted by Gasteiger charge is -2.21. The molecule has 1 aliphatic heterocycles. The molecule has 0 unspecified atom stereocenters. The summed E-state index contributed by atoms with van der Waals surface area (Å²) >= 11 is 0. The van der Waals surface area contributed by atoms with E-state index in [0.29, 0.717) is 91.9 Å². The molecule has 7 aromatic rings. The lowest BCUT2D eigenvalue weighted by Crippen LogP contribution is -2.27. The van der Waals surface area contributed by atoms with Gasteiger partial charge in [0.15, 0.2) is 0 Å². The van der Waals surface area contributed by atoms with Crippen LogP contribution in [0, 0.1) is 12.7 Å². The number of anilines is 1. The molecule has 0 bridgehead atoms. The topological polar surface area (TPSA) is 113 Å². The van der Waals surface area contributed by atoms with Crippen molar-refractivity contribution < 1.29 is 26.4 Å². The minimum absolute atomic E-state index is 0.260. The summed E-state index contributed by atoms with van der Waals surface area (Å²) in [6, 6.07) is 21.0.